The van der Waals surface area contributed by atoms with Gasteiger partial charge in [-0.3, -0.25) is 14.5 Å². The van der Waals surface area contributed by atoms with Crippen LogP contribution in [0.2, 0.25) is 5.02 Å². The second kappa shape index (κ2) is 11.1. The van der Waals surface area contributed by atoms with Gasteiger partial charge in [0.2, 0.25) is 5.75 Å². The van der Waals surface area contributed by atoms with Crippen LogP contribution in [-0.2, 0) is 9.59 Å². The van der Waals surface area contributed by atoms with E-state index in [-0.39, 0.29) is 50.6 Å². The molecule has 3 aromatic carbocycles. The summed E-state index contributed by atoms with van der Waals surface area (Å²) < 4.78 is 40.7. The van der Waals surface area contributed by atoms with Crippen LogP contribution >= 0.6 is 11.6 Å². The van der Waals surface area contributed by atoms with Gasteiger partial charge in [0.05, 0.1) is 57.8 Å². The van der Waals surface area contributed by atoms with Crippen molar-refractivity contribution >= 4 is 34.7 Å². The zero-order chi connectivity index (χ0) is 28.4. The lowest BCUT2D eigenvalue weighted by molar-refractivity contribution is -0.132. The smallest absolute Gasteiger partial charge is 0.300 e. The van der Waals surface area contributed by atoms with E-state index in [1.807, 2.05) is 0 Å². The Balaban J connectivity index is 2.05. The first-order valence-electron chi connectivity index (χ1n) is 11.5. The SMILES string of the molecule is COc1cc(OC)c(/C(O)=C2\C(=O)C(=O)N(c3ccc(F)cc3)C2c2cc(OC)c(OC)c(OC)c2)cc1Cl. The maximum absolute atomic E-state index is 13.8. The Hall–Kier alpha value is -4.44. The maximum Gasteiger partial charge on any atom is 0.300 e. The number of benzene rings is 3. The molecule has 1 aliphatic rings. The number of nitrogens with zero attached hydrogens (tertiary/aromatic N) is 1. The van der Waals surface area contributed by atoms with Gasteiger partial charge in [-0.25, -0.2) is 4.39 Å². The Morgan fingerprint density at radius 3 is 1.90 bits per heavy atom. The second-order valence-electron chi connectivity index (χ2n) is 8.29. The number of methoxy groups -OCH3 is 5. The molecule has 1 saturated heterocycles. The Kier molecular flexibility index (Phi) is 7.87. The van der Waals surface area contributed by atoms with Crippen LogP contribution < -0.4 is 28.6 Å². The van der Waals surface area contributed by atoms with E-state index in [1.165, 1.54) is 59.8 Å². The van der Waals surface area contributed by atoms with Gasteiger partial charge >= 0.3 is 0 Å². The standard InChI is InChI=1S/C28H25ClFNO8/c1-35-19-13-20(36-2)18(29)12-17(19)25(32)23-24(14-10-21(37-3)27(39-5)22(11-14)38-4)31(28(34)26(23)33)16-8-6-15(30)7-9-16/h6-13,24,32H,1-5H3/b25-23+. The molecule has 1 fully saturated rings. The molecule has 1 amide bonds. The lowest BCUT2D eigenvalue weighted by atomic mass is 9.94. The van der Waals surface area contributed by atoms with Gasteiger partial charge in [-0.15, -0.1) is 0 Å². The Labute approximate surface area is 228 Å². The molecule has 1 atom stereocenters. The number of hydrogen-bond acceptors (Lipinski definition) is 8. The zero-order valence-electron chi connectivity index (χ0n) is 21.7. The predicted molar refractivity (Wildman–Crippen MR) is 142 cm³/mol. The number of halogens is 2. The topological polar surface area (TPSA) is 104 Å². The lowest BCUT2D eigenvalue weighted by Crippen LogP contribution is -2.29. The van der Waals surface area contributed by atoms with Crippen LogP contribution in [0.15, 0.2) is 54.1 Å². The molecular weight excluding hydrogens is 533 g/mol. The highest BCUT2D eigenvalue weighted by Gasteiger charge is 2.48. The van der Waals surface area contributed by atoms with Gasteiger partial charge in [-0.05, 0) is 48.0 Å². The van der Waals surface area contributed by atoms with Crippen molar-refractivity contribution < 1.29 is 42.8 Å². The molecule has 1 N–H and O–H groups in total. The minimum atomic E-state index is -1.19. The summed E-state index contributed by atoms with van der Waals surface area (Å²) in [6.45, 7) is 0. The molecule has 0 aromatic heterocycles. The molecule has 0 bridgehead atoms. The molecule has 4 rings (SSSR count). The van der Waals surface area contributed by atoms with E-state index in [0.717, 1.165) is 17.0 Å². The number of carbonyl (C=O) groups excluding carboxylic acids is 2. The van der Waals surface area contributed by atoms with Gasteiger partial charge in [0.1, 0.15) is 23.1 Å². The van der Waals surface area contributed by atoms with Gasteiger partial charge in [0.25, 0.3) is 11.7 Å². The van der Waals surface area contributed by atoms with Gasteiger partial charge in [0.15, 0.2) is 11.5 Å². The summed E-state index contributed by atoms with van der Waals surface area (Å²) in [5, 5.41) is 11.7. The molecule has 39 heavy (non-hydrogen) atoms. The van der Waals surface area contributed by atoms with Gasteiger partial charge in [-0.1, -0.05) is 11.6 Å². The molecule has 1 heterocycles. The normalized spacial score (nSPS) is 16.3. The number of hydrogen-bond donors (Lipinski definition) is 1. The minimum Gasteiger partial charge on any atom is -0.507 e. The van der Waals surface area contributed by atoms with E-state index in [4.69, 9.17) is 35.3 Å². The number of ether oxygens (including phenoxy) is 5. The Morgan fingerprint density at radius 1 is 0.821 bits per heavy atom. The average molecular weight is 558 g/mol. The molecular formula is C28H25ClFNO8. The van der Waals surface area contributed by atoms with Crippen LogP contribution in [0.25, 0.3) is 5.76 Å². The predicted octanol–water partition coefficient (Wildman–Crippen LogP) is 5.15. The van der Waals surface area contributed by atoms with Crippen molar-refractivity contribution in [2.75, 3.05) is 40.4 Å². The highest BCUT2D eigenvalue weighted by molar-refractivity contribution is 6.51. The fourth-order valence-electron chi connectivity index (χ4n) is 4.47. The van der Waals surface area contributed by atoms with Gasteiger partial charge in [-0.2, -0.15) is 0 Å². The lowest BCUT2D eigenvalue weighted by Gasteiger charge is -2.26. The number of amides is 1. The number of ketones is 1. The summed E-state index contributed by atoms with van der Waals surface area (Å²) in [6, 6.07) is 9.77. The molecule has 11 heteroatoms. The van der Waals surface area contributed by atoms with Crippen LogP contribution in [0.4, 0.5) is 10.1 Å². The van der Waals surface area contributed by atoms with Crippen molar-refractivity contribution in [2.24, 2.45) is 0 Å². The number of aliphatic hydroxyl groups is 1. The Morgan fingerprint density at radius 2 is 1.38 bits per heavy atom. The second-order valence-corrected chi connectivity index (χ2v) is 8.70. The number of Topliss-reactive ketones (excluding diaryl/α,β-unsaturated/α-hetero) is 1. The summed E-state index contributed by atoms with van der Waals surface area (Å²) in [4.78, 5) is 28.1. The fourth-order valence-corrected chi connectivity index (χ4v) is 4.71. The molecule has 0 aliphatic carbocycles. The number of anilines is 1. The summed E-state index contributed by atoms with van der Waals surface area (Å²) in [5.74, 6) is -1.79. The highest BCUT2D eigenvalue weighted by atomic mass is 35.5. The molecule has 9 nitrogen and oxygen atoms in total. The molecule has 204 valence electrons. The van der Waals surface area contributed by atoms with Crippen LogP contribution in [0.5, 0.6) is 28.7 Å². The van der Waals surface area contributed by atoms with E-state index in [9.17, 15) is 19.1 Å². The average Bonchev–Trinajstić information content (AvgIpc) is 3.21. The van der Waals surface area contributed by atoms with E-state index in [2.05, 4.69) is 0 Å². The molecule has 1 aliphatic heterocycles. The third-order valence-corrected chi connectivity index (χ3v) is 6.58. The van der Waals surface area contributed by atoms with E-state index in [0.29, 0.717) is 5.56 Å². The molecule has 0 spiro atoms. The molecule has 1 unspecified atom stereocenters. The fraction of sp³-hybridized carbons (Fsp3) is 0.214. The molecule has 3 aromatic rings. The molecule has 0 saturated carbocycles. The van der Waals surface area contributed by atoms with Crippen molar-refractivity contribution in [3.63, 3.8) is 0 Å². The van der Waals surface area contributed by atoms with Crippen molar-refractivity contribution in [3.05, 3.63) is 76.1 Å². The van der Waals surface area contributed by atoms with Crippen molar-refractivity contribution in [1.82, 2.24) is 0 Å². The van der Waals surface area contributed by atoms with Crippen molar-refractivity contribution in [1.29, 1.82) is 0 Å². The monoisotopic (exact) mass is 557 g/mol. The highest BCUT2D eigenvalue weighted by Crippen LogP contribution is 2.48. The van der Waals surface area contributed by atoms with Crippen molar-refractivity contribution in [3.8, 4) is 28.7 Å². The Bertz CT molecular complexity index is 1450. The number of rotatable bonds is 8. The van der Waals surface area contributed by atoms with Crippen molar-refractivity contribution in [2.45, 2.75) is 6.04 Å². The largest absolute Gasteiger partial charge is 0.507 e. The summed E-state index contributed by atoms with van der Waals surface area (Å²) >= 11 is 6.32. The van der Waals surface area contributed by atoms with Crippen LogP contribution in [0.3, 0.4) is 0 Å². The quantitative estimate of drug-likeness (QED) is 0.230. The van der Waals surface area contributed by atoms with Gasteiger partial charge in [0, 0.05) is 11.8 Å². The first kappa shape index (κ1) is 27.6. The van der Waals surface area contributed by atoms with Gasteiger partial charge < -0.3 is 28.8 Å². The first-order chi connectivity index (χ1) is 18.7. The number of carbonyl (C=O) groups is 2. The van der Waals surface area contributed by atoms with Crippen LogP contribution in [-0.4, -0.2) is 52.3 Å². The summed E-state index contributed by atoms with van der Waals surface area (Å²) in [7, 11) is 7.06. The van der Waals surface area contributed by atoms with E-state index < -0.39 is 29.3 Å². The van der Waals surface area contributed by atoms with E-state index in [1.54, 1.807) is 12.1 Å². The number of aliphatic hydroxyl groups excluding tert-OH is 1. The van der Waals surface area contributed by atoms with Crippen LogP contribution in [0, 0.1) is 5.82 Å². The van der Waals surface area contributed by atoms with Crippen LogP contribution in [0.1, 0.15) is 17.2 Å². The molecule has 0 radical (unpaired) electrons. The van der Waals surface area contributed by atoms with E-state index >= 15 is 0 Å². The maximum atomic E-state index is 13.8. The third kappa shape index (κ3) is 4.79. The zero-order valence-corrected chi connectivity index (χ0v) is 22.5. The third-order valence-electron chi connectivity index (χ3n) is 6.28. The minimum absolute atomic E-state index is 0.0536. The first-order valence-corrected chi connectivity index (χ1v) is 11.9. The summed E-state index contributed by atoms with van der Waals surface area (Å²) in [5.41, 5.74) is 0.347. The summed E-state index contributed by atoms with van der Waals surface area (Å²) in [6.07, 6.45) is 0.